The predicted octanol–water partition coefficient (Wildman–Crippen LogP) is 2.56. The van der Waals surface area contributed by atoms with Gasteiger partial charge in [0.2, 0.25) is 5.91 Å². The van der Waals surface area contributed by atoms with E-state index in [0.29, 0.717) is 18.7 Å². The Morgan fingerprint density at radius 2 is 1.94 bits per heavy atom. The van der Waals surface area contributed by atoms with Gasteiger partial charge >= 0.3 is 0 Å². The largest absolute Gasteiger partial charge is 0.338 e. The summed E-state index contributed by atoms with van der Waals surface area (Å²) in [7, 11) is 0. The lowest BCUT2D eigenvalue weighted by molar-refractivity contribution is -0.134. The fourth-order valence-corrected chi connectivity index (χ4v) is 1.62. The minimum Gasteiger partial charge on any atom is -0.338 e. The maximum Gasteiger partial charge on any atom is 0.225 e. The average molecular weight is 230 g/mol. The smallest absolute Gasteiger partial charge is 0.225 e. The van der Waals surface area contributed by atoms with Gasteiger partial charge in [0.15, 0.2) is 0 Å². The Balaban J connectivity index is 2.74. The van der Waals surface area contributed by atoms with E-state index in [-0.39, 0.29) is 11.8 Å². The van der Waals surface area contributed by atoms with E-state index < -0.39 is 0 Å². The van der Waals surface area contributed by atoms with E-state index in [2.05, 4.69) is 6.07 Å². The number of nitriles is 1. The third-order valence-electron chi connectivity index (χ3n) is 2.64. The van der Waals surface area contributed by atoms with Gasteiger partial charge in [0.1, 0.15) is 0 Å². The summed E-state index contributed by atoms with van der Waals surface area (Å²) in [5.41, 5.74) is 1.70. The van der Waals surface area contributed by atoms with E-state index >= 15 is 0 Å². The summed E-state index contributed by atoms with van der Waals surface area (Å²) in [4.78, 5) is 13.7. The number of carbonyl (C=O) groups excluding carboxylic acids is 1. The van der Waals surface area contributed by atoms with Crippen LogP contribution < -0.4 is 0 Å². The lowest BCUT2D eigenvalue weighted by atomic mass is 10.1. The third kappa shape index (κ3) is 3.60. The predicted molar refractivity (Wildman–Crippen MR) is 67.1 cm³/mol. The summed E-state index contributed by atoms with van der Waals surface area (Å²) >= 11 is 0. The van der Waals surface area contributed by atoms with Crippen molar-refractivity contribution in [1.82, 2.24) is 4.90 Å². The van der Waals surface area contributed by atoms with E-state index in [1.807, 2.05) is 37.8 Å². The topological polar surface area (TPSA) is 44.1 Å². The molecule has 0 heterocycles. The van der Waals surface area contributed by atoms with Gasteiger partial charge in [0.05, 0.1) is 11.6 Å². The van der Waals surface area contributed by atoms with Crippen LogP contribution in [-0.2, 0) is 11.3 Å². The minimum atomic E-state index is 0.0216. The fraction of sp³-hybridized carbons (Fsp3) is 0.429. The zero-order chi connectivity index (χ0) is 12.8. The highest BCUT2D eigenvalue weighted by molar-refractivity contribution is 5.78. The Hall–Kier alpha value is -1.82. The first-order valence-electron chi connectivity index (χ1n) is 5.86. The monoisotopic (exact) mass is 230 g/mol. The van der Waals surface area contributed by atoms with E-state index in [9.17, 15) is 4.79 Å². The fourth-order valence-electron chi connectivity index (χ4n) is 1.62. The Morgan fingerprint density at radius 3 is 2.35 bits per heavy atom. The van der Waals surface area contributed by atoms with Crippen LogP contribution >= 0.6 is 0 Å². The molecule has 3 nitrogen and oxygen atoms in total. The highest BCUT2D eigenvalue weighted by atomic mass is 16.2. The summed E-state index contributed by atoms with van der Waals surface area (Å²) in [6.07, 6.45) is 0. The Morgan fingerprint density at radius 1 is 1.35 bits per heavy atom. The Kier molecular flexibility index (Phi) is 4.71. The molecule has 0 aliphatic heterocycles. The molecular formula is C14H18N2O. The molecule has 0 N–H and O–H groups in total. The molecule has 0 aliphatic rings. The molecule has 0 saturated carbocycles. The second-order valence-corrected chi connectivity index (χ2v) is 4.32. The second-order valence-electron chi connectivity index (χ2n) is 4.32. The van der Waals surface area contributed by atoms with E-state index in [1.54, 1.807) is 12.1 Å². The van der Waals surface area contributed by atoms with Gasteiger partial charge < -0.3 is 4.90 Å². The first-order chi connectivity index (χ1) is 8.08. The van der Waals surface area contributed by atoms with Crippen LogP contribution in [0, 0.1) is 17.2 Å². The molecule has 1 amide bonds. The van der Waals surface area contributed by atoms with Crippen LogP contribution in [-0.4, -0.2) is 17.4 Å². The average Bonchev–Trinajstić information content (AvgIpc) is 2.35. The van der Waals surface area contributed by atoms with Gasteiger partial charge in [-0.2, -0.15) is 5.26 Å². The molecule has 1 aromatic carbocycles. The number of rotatable bonds is 4. The van der Waals surface area contributed by atoms with Gasteiger partial charge in [-0.25, -0.2) is 0 Å². The van der Waals surface area contributed by atoms with Crippen molar-refractivity contribution in [2.75, 3.05) is 6.54 Å². The zero-order valence-corrected chi connectivity index (χ0v) is 10.6. The molecule has 1 rings (SSSR count). The van der Waals surface area contributed by atoms with Crippen molar-refractivity contribution in [2.24, 2.45) is 5.92 Å². The maximum absolute atomic E-state index is 11.9. The SMILES string of the molecule is CCN(Cc1ccc(C#N)cc1)C(=O)C(C)C. The molecule has 0 spiro atoms. The van der Waals surface area contributed by atoms with Crippen molar-refractivity contribution in [2.45, 2.75) is 27.3 Å². The van der Waals surface area contributed by atoms with Crippen LogP contribution in [0.15, 0.2) is 24.3 Å². The summed E-state index contributed by atoms with van der Waals surface area (Å²) < 4.78 is 0. The summed E-state index contributed by atoms with van der Waals surface area (Å²) in [5, 5.41) is 8.70. The van der Waals surface area contributed by atoms with Crippen molar-refractivity contribution in [3.05, 3.63) is 35.4 Å². The van der Waals surface area contributed by atoms with Gasteiger partial charge in [0.25, 0.3) is 0 Å². The summed E-state index contributed by atoms with van der Waals surface area (Å²) in [5.74, 6) is 0.185. The van der Waals surface area contributed by atoms with Gasteiger partial charge in [-0.3, -0.25) is 4.79 Å². The molecule has 0 fully saturated rings. The molecule has 0 saturated heterocycles. The summed E-state index contributed by atoms with van der Waals surface area (Å²) in [6, 6.07) is 9.44. The molecule has 0 aliphatic carbocycles. The van der Waals surface area contributed by atoms with Crippen molar-refractivity contribution in [3.8, 4) is 6.07 Å². The molecule has 1 aromatic rings. The lowest BCUT2D eigenvalue weighted by Crippen LogP contribution is -2.33. The number of hydrogen-bond donors (Lipinski definition) is 0. The van der Waals surface area contributed by atoms with Crippen LogP contribution in [0.25, 0.3) is 0 Å². The van der Waals surface area contributed by atoms with Crippen LogP contribution in [0.2, 0.25) is 0 Å². The Labute approximate surface area is 103 Å². The summed E-state index contributed by atoms with van der Waals surface area (Å²) in [6.45, 7) is 7.10. The third-order valence-corrected chi connectivity index (χ3v) is 2.64. The lowest BCUT2D eigenvalue weighted by Gasteiger charge is -2.23. The van der Waals surface area contributed by atoms with Crippen molar-refractivity contribution < 1.29 is 4.79 Å². The molecule has 0 bridgehead atoms. The van der Waals surface area contributed by atoms with E-state index in [0.717, 1.165) is 5.56 Å². The maximum atomic E-state index is 11.9. The van der Waals surface area contributed by atoms with Gasteiger partial charge in [-0.1, -0.05) is 26.0 Å². The normalized spacial score (nSPS) is 10.1. The number of hydrogen-bond acceptors (Lipinski definition) is 2. The molecule has 0 aromatic heterocycles. The van der Waals surface area contributed by atoms with Crippen molar-refractivity contribution >= 4 is 5.91 Å². The molecule has 3 heteroatoms. The number of amides is 1. The number of nitrogens with zero attached hydrogens (tertiary/aromatic N) is 2. The highest BCUT2D eigenvalue weighted by Crippen LogP contribution is 2.09. The van der Waals surface area contributed by atoms with Crippen LogP contribution in [0.5, 0.6) is 0 Å². The van der Waals surface area contributed by atoms with Gasteiger partial charge in [-0.05, 0) is 24.6 Å². The van der Waals surface area contributed by atoms with E-state index in [4.69, 9.17) is 5.26 Å². The van der Waals surface area contributed by atoms with Crippen LogP contribution in [0.1, 0.15) is 31.9 Å². The molecule has 90 valence electrons. The Bertz CT molecular complexity index is 415. The van der Waals surface area contributed by atoms with Crippen LogP contribution in [0.3, 0.4) is 0 Å². The first kappa shape index (κ1) is 13.2. The van der Waals surface area contributed by atoms with Crippen molar-refractivity contribution in [3.63, 3.8) is 0 Å². The molecule has 0 unspecified atom stereocenters. The highest BCUT2D eigenvalue weighted by Gasteiger charge is 2.15. The van der Waals surface area contributed by atoms with Crippen LogP contribution in [0.4, 0.5) is 0 Å². The molecular weight excluding hydrogens is 212 g/mol. The first-order valence-corrected chi connectivity index (χ1v) is 5.86. The molecule has 0 radical (unpaired) electrons. The van der Waals surface area contributed by atoms with Gasteiger partial charge in [-0.15, -0.1) is 0 Å². The minimum absolute atomic E-state index is 0.0216. The molecule has 17 heavy (non-hydrogen) atoms. The quantitative estimate of drug-likeness (QED) is 0.798. The number of carbonyl (C=O) groups is 1. The number of benzene rings is 1. The zero-order valence-electron chi connectivity index (χ0n) is 10.6. The van der Waals surface area contributed by atoms with Crippen molar-refractivity contribution in [1.29, 1.82) is 5.26 Å². The van der Waals surface area contributed by atoms with E-state index in [1.165, 1.54) is 0 Å². The second kappa shape index (κ2) is 6.05. The van der Waals surface area contributed by atoms with Gasteiger partial charge in [0, 0.05) is 19.0 Å². The standard InChI is InChI=1S/C14H18N2O/c1-4-16(14(17)11(2)3)10-13-7-5-12(9-15)6-8-13/h5-8,11H,4,10H2,1-3H3. The molecule has 0 atom stereocenters.